The zero-order chi connectivity index (χ0) is 20.6. The van der Waals surface area contributed by atoms with E-state index in [1.54, 1.807) is 18.2 Å². The van der Waals surface area contributed by atoms with Crippen molar-refractivity contribution < 1.29 is 14.3 Å². The maximum absolute atomic E-state index is 12.7. The van der Waals surface area contributed by atoms with E-state index in [-0.39, 0.29) is 5.91 Å². The van der Waals surface area contributed by atoms with Gasteiger partial charge in [-0.2, -0.15) is 0 Å². The molecule has 0 fully saturated rings. The molecule has 150 valence electrons. The van der Waals surface area contributed by atoms with E-state index in [1.807, 2.05) is 54.6 Å². The Balaban J connectivity index is 1.68. The molecule has 0 bridgehead atoms. The summed E-state index contributed by atoms with van der Waals surface area (Å²) in [4.78, 5) is 12.7. The molecule has 1 amide bonds. The molecule has 0 atom stereocenters. The molecule has 0 aliphatic carbocycles. The molecule has 0 spiro atoms. The number of para-hydroxylation sites is 2. The molecule has 1 N–H and O–H groups in total. The molecular weight excluding hydrogens is 430 g/mol. The Morgan fingerprint density at radius 1 is 0.931 bits per heavy atom. The van der Waals surface area contributed by atoms with E-state index in [0.717, 1.165) is 15.8 Å². The van der Waals surface area contributed by atoms with Crippen LogP contribution in [0, 0.1) is 5.92 Å². The van der Waals surface area contributed by atoms with Crippen LogP contribution in [0.2, 0.25) is 0 Å². The van der Waals surface area contributed by atoms with Crippen LogP contribution in [0.1, 0.15) is 29.8 Å². The molecule has 0 aliphatic heterocycles. The van der Waals surface area contributed by atoms with Crippen LogP contribution in [0.25, 0.3) is 0 Å². The third-order valence-electron chi connectivity index (χ3n) is 4.14. The summed E-state index contributed by atoms with van der Waals surface area (Å²) in [5, 5.41) is 2.93. The van der Waals surface area contributed by atoms with Crippen LogP contribution >= 0.6 is 15.9 Å². The predicted octanol–water partition coefficient (Wildman–Crippen LogP) is 6.32. The molecule has 0 saturated heterocycles. The molecule has 0 saturated carbocycles. The smallest absolute Gasteiger partial charge is 0.255 e. The monoisotopic (exact) mass is 453 g/mol. The van der Waals surface area contributed by atoms with Gasteiger partial charge in [0, 0.05) is 5.56 Å². The Bertz CT molecular complexity index is 957. The minimum Gasteiger partial charge on any atom is -0.492 e. The lowest BCUT2D eigenvalue weighted by atomic mass is 10.2. The molecule has 3 aromatic rings. The number of carbonyl (C=O) groups excluding carboxylic acids is 1. The van der Waals surface area contributed by atoms with Gasteiger partial charge in [0.1, 0.15) is 18.1 Å². The summed E-state index contributed by atoms with van der Waals surface area (Å²) in [5.41, 5.74) is 2.23. The molecule has 0 aromatic heterocycles. The van der Waals surface area contributed by atoms with Crippen LogP contribution in [0.4, 0.5) is 5.69 Å². The van der Waals surface area contributed by atoms with Crippen molar-refractivity contribution in [3.05, 3.63) is 88.4 Å². The molecule has 0 heterocycles. The highest BCUT2D eigenvalue weighted by molar-refractivity contribution is 9.10. The standard InChI is InChI=1S/C24H24BrNO3/c1-17(2)15-28-22-13-12-19(14-20(22)25)24(27)26-21-10-6-7-11-23(21)29-16-18-8-4-3-5-9-18/h3-14,17H,15-16H2,1-2H3,(H,26,27). The van der Waals surface area contributed by atoms with Crippen molar-refractivity contribution in [3.8, 4) is 11.5 Å². The number of rotatable bonds is 8. The topological polar surface area (TPSA) is 47.6 Å². The Kier molecular flexibility index (Phi) is 7.30. The molecule has 29 heavy (non-hydrogen) atoms. The molecule has 0 radical (unpaired) electrons. The first-order valence-corrected chi connectivity index (χ1v) is 10.3. The van der Waals surface area contributed by atoms with Crippen LogP contribution in [0.3, 0.4) is 0 Å². The van der Waals surface area contributed by atoms with Crippen molar-refractivity contribution in [2.24, 2.45) is 5.92 Å². The second-order valence-corrected chi connectivity index (χ2v) is 7.93. The van der Waals surface area contributed by atoms with Crippen LogP contribution in [-0.2, 0) is 6.61 Å². The summed E-state index contributed by atoms with van der Waals surface area (Å²) < 4.78 is 12.4. The van der Waals surface area contributed by atoms with E-state index < -0.39 is 0 Å². The van der Waals surface area contributed by atoms with Gasteiger partial charge in [0.05, 0.1) is 16.8 Å². The van der Waals surface area contributed by atoms with Crippen molar-refractivity contribution in [3.63, 3.8) is 0 Å². The first-order chi connectivity index (χ1) is 14.0. The van der Waals surface area contributed by atoms with Crippen molar-refractivity contribution >= 4 is 27.5 Å². The highest BCUT2D eigenvalue weighted by Crippen LogP contribution is 2.29. The Hall–Kier alpha value is -2.79. The van der Waals surface area contributed by atoms with E-state index in [9.17, 15) is 4.79 Å². The van der Waals surface area contributed by atoms with Crippen LogP contribution in [0.5, 0.6) is 11.5 Å². The lowest BCUT2D eigenvalue weighted by molar-refractivity contribution is 0.102. The number of halogens is 1. The lowest BCUT2D eigenvalue weighted by Gasteiger charge is -2.14. The van der Waals surface area contributed by atoms with Gasteiger partial charge in [-0.05, 0) is 57.7 Å². The van der Waals surface area contributed by atoms with Gasteiger partial charge in [-0.3, -0.25) is 4.79 Å². The number of hydrogen-bond donors (Lipinski definition) is 1. The Morgan fingerprint density at radius 2 is 1.66 bits per heavy atom. The van der Waals surface area contributed by atoms with Crippen molar-refractivity contribution in [1.82, 2.24) is 0 Å². The summed E-state index contributed by atoms with van der Waals surface area (Å²) in [6.07, 6.45) is 0. The zero-order valence-electron chi connectivity index (χ0n) is 16.5. The van der Waals surface area contributed by atoms with Crippen molar-refractivity contribution in [2.45, 2.75) is 20.5 Å². The molecule has 4 nitrogen and oxygen atoms in total. The maximum Gasteiger partial charge on any atom is 0.255 e. The fourth-order valence-corrected chi connectivity index (χ4v) is 3.13. The first-order valence-electron chi connectivity index (χ1n) is 9.52. The van der Waals surface area contributed by atoms with Gasteiger partial charge < -0.3 is 14.8 Å². The zero-order valence-corrected chi connectivity index (χ0v) is 18.1. The van der Waals surface area contributed by atoms with E-state index in [2.05, 4.69) is 35.1 Å². The largest absolute Gasteiger partial charge is 0.492 e. The average molecular weight is 454 g/mol. The molecule has 5 heteroatoms. The number of benzene rings is 3. The highest BCUT2D eigenvalue weighted by atomic mass is 79.9. The number of amides is 1. The Morgan fingerprint density at radius 3 is 2.38 bits per heavy atom. The number of hydrogen-bond acceptors (Lipinski definition) is 3. The number of carbonyl (C=O) groups is 1. The van der Waals surface area contributed by atoms with Crippen LogP contribution in [0.15, 0.2) is 77.3 Å². The van der Waals surface area contributed by atoms with E-state index in [4.69, 9.17) is 9.47 Å². The molecule has 3 rings (SSSR count). The summed E-state index contributed by atoms with van der Waals surface area (Å²) >= 11 is 3.49. The molecule has 0 unspecified atom stereocenters. The van der Waals surface area contributed by atoms with Gasteiger partial charge in [0.2, 0.25) is 0 Å². The quantitative estimate of drug-likeness (QED) is 0.434. The van der Waals surface area contributed by atoms with E-state index >= 15 is 0 Å². The normalized spacial score (nSPS) is 10.6. The van der Waals surface area contributed by atoms with Gasteiger partial charge in [0.25, 0.3) is 5.91 Å². The second-order valence-electron chi connectivity index (χ2n) is 7.07. The average Bonchev–Trinajstić information content (AvgIpc) is 2.72. The number of nitrogens with one attached hydrogen (secondary N) is 1. The van der Waals surface area contributed by atoms with Gasteiger partial charge in [-0.25, -0.2) is 0 Å². The lowest BCUT2D eigenvalue weighted by Crippen LogP contribution is -2.13. The van der Waals surface area contributed by atoms with Crippen LogP contribution < -0.4 is 14.8 Å². The molecular formula is C24H24BrNO3. The summed E-state index contributed by atoms with van der Waals surface area (Å²) in [6, 6.07) is 22.7. The van der Waals surface area contributed by atoms with Gasteiger partial charge in [0.15, 0.2) is 0 Å². The predicted molar refractivity (Wildman–Crippen MR) is 120 cm³/mol. The SMILES string of the molecule is CC(C)COc1ccc(C(=O)Nc2ccccc2OCc2ccccc2)cc1Br. The second kappa shape index (κ2) is 10.1. The fraction of sp³-hybridized carbons (Fsp3) is 0.208. The van der Waals surface area contributed by atoms with Gasteiger partial charge in [-0.1, -0.05) is 56.3 Å². The Labute approximate surface area is 180 Å². The van der Waals surface area contributed by atoms with E-state index in [0.29, 0.717) is 36.1 Å². The summed E-state index contributed by atoms with van der Waals surface area (Å²) in [5.74, 6) is 1.57. The molecule has 0 aliphatic rings. The third-order valence-corrected chi connectivity index (χ3v) is 4.76. The minimum atomic E-state index is -0.211. The summed E-state index contributed by atoms with van der Waals surface area (Å²) in [7, 11) is 0. The number of anilines is 1. The third kappa shape index (κ3) is 6.09. The van der Waals surface area contributed by atoms with Crippen molar-refractivity contribution in [1.29, 1.82) is 0 Å². The van der Waals surface area contributed by atoms with Crippen molar-refractivity contribution in [2.75, 3.05) is 11.9 Å². The first kappa shape index (κ1) is 20.9. The van der Waals surface area contributed by atoms with Crippen LogP contribution in [-0.4, -0.2) is 12.5 Å². The molecule has 3 aromatic carbocycles. The van der Waals surface area contributed by atoms with Gasteiger partial charge in [-0.15, -0.1) is 0 Å². The van der Waals surface area contributed by atoms with Gasteiger partial charge >= 0.3 is 0 Å². The fourth-order valence-electron chi connectivity index (χ4n) is 2.64. The highest BCUT2D eigenvalue weighted by Gasteiger charge is 2.12. The summed E-state index contributed by atoms with van der Waals surface area (Å²) in [6.45, 7) is 5.23. The maximum atomic E-state index is 12.7. The number of ether oxygens (including phenoxy) is 2. The minimum absolute atomic E-state index is 0.211. The van der Waals surface area contributed by atoms with E-state index in [1.165, 1.54) is 0 Å².